The van der Waals surface area contributed by atoms with Crippen LogP contribution in [0.4, 0.5) is 26.2 Å². The molecule has 0 bridgehead atoms. The molecule has 0 spiro atoms. The number of imide groups is 2. The van der Waals surface area contributed by atoms with Gasteiger partial charge in [-0.25, -0.2) is 33.5 Å². The van der Waals surface area contributed by atoms with Crippen LogP contribution in [0, 0.1) is 30.4 Å². The number of aryl methyl sites for hydroxylation is 1. The number of anilines is 3. The molecule has 0 aliphatic carbocycles. The minimum Gasteiger partial charge on any atom is -0.455 e. The molecule has 4 N–H and O–H groups in total. The van der Waals surface area contributed by atoms with E-state index in [4.69, 9.17) is 14.2 Å². The molecule has 2 saturated heterocycles. The summed E-state index contributed by atoms with van der Waals surface area (Å²) in [6, 6.07) is 9.90. The summed E-state index contributed by atoms with van der Waals surface area (Å²) in [4.78, 5) is 109. The molecule has 5 aromatic rings. The van der Waals surface area contributed by atoms with Crippen LogP contribution in [0.15, 0.2) is 54.9 Å². The average molecular weight is 1040 g/mol. The van der Waals surface area contributed by atoms with E-state index in [1.807, 2.05) is 23.3 Å². The number of halogens is 2. The van der Waals surface area contributed by atoms with Crippen molar-refractivity contribution in [2.75, 3.05) is 69.8 Å². The lowest BCUT2D eigenvalue weighted by molar-refractivity contribution is -0.159. The Hall–Kier alpha value is -7.63. The number of esters is 1. The maximum Gasteiger partial charge on any atom is 0.332 e. The Kier molecular flexibility index (Phi) is 17.0. The van der Waals surface area contributed by atoms with Gasteiger partial charge in [0.15, 0.2) is 17.4 Å². The summed E-state index contributed by atoms with van der Waals surface area (Å²) in [5.41, 5.74) is 2.05. The summed E-state index contributed by atoms with van der Waals surface area (Å²) in [6.45, 7) is 10.6. The SMILES string of the molecule is Cc1nc2c(F)cc(-c3nc(Nc4ccc([C@H](OC(=O)COCC(=O)C(C)C)C5CCN(CC(=O)NCCOCCNc6cccc7c6C(=O)N(C6CCC(=O)NC6=O)C7=O)CC5)cn4)ncc3F)cc2n1C(C)C. The number of benzene rings is 2. The Bertz CT molecular complexity index is 3000. The van der Waals surface area contributed by atoms with Gasteiger partial charge in [-0.1, -0.05) is 26.0 Å². The van der Waals surface area contributed by atoms with Gasteiger partial charge < -0.3 is 34.7 Å². The van der Waals surface area contributed by atoms with Crippen LogP contribution in [0.2, 0.25) is 0 Å². The number of hydrogen-bond donors (Lipinski definition) is 4. The number of amides is 5. The van der Waals surface area contributed by atoms with Gasteiger partial charge in [-0.15, -0.1) is 0 Å². The van der Waals surface area contributed by atoms with Crippen LogP contribution in [0.5, 0.6) is 0 Å². The van der Waals surface area contributed by atoms with Gasteiger partial charge >= 0.3 is 5.97 Å². The number of nitrogens with zero attached hydrogens (tertiary/aromatic N) is 7. The summed E-state index contributed by atoms with van der Waals surface area (Å²) >= 11 is 0. The van der Waals surface area contributed by atoms with Crippen LogP contribution in [-0.4, -0.2) is 141 Å². The van der Waals surface area contributed by atoms with Crippen molar-refractivity contribution in [3.05, 3.63) is 89.0 Å². The van der Waals surface area contributed by atoms with Crippen molar-refractivity contribution in [2.45, 2.75) is 78.5 Å². The van der Waals surface area contributed by atoms with Gasteiger partial charge in [-0.05, 0) is 83.5 Å². The van der Waals surface area contributed by atoms with Crippen molar-refractivity contribution >= 4 is 69.8 Å². The zero-order valence-corrected chi connectivity index (χ0v) is 42.2. The molecule has 75 heavy (non-hydrogen) atoms. The Morgan fingerprint density at radius 1 is 0.867 bits per heavy atom. The van der Waals surface area contributed by atoms with E-state index in [1.165, 1.54) is 12.1 Å². The van der Waals surface area contributed by atoms with Gasteiger partial charge in [0, 0.05) is 60.4 Å². The van der Waals surface area contributed by atoms with Crippen LogP contribution in [0.25, 0.3) is 22.3 Å². The highest BCUT2D eigenvalue weighted by Gasteiger charge is 2.45. The minimum absolute atomic E-state index is 0.00327. The van der Waals surface area contributed by atoms with Crippen LogP contribution in [-0.2, 0) is 38.2 Å². The lowest BCUT2D eigenvalue weighted by Crippen LogP contribution is -2.54. The summed E-state index contributed by atoms with van der Waals surface area (Å²) in [5, 5.41) is 11.1. The molecule has 1 unspecified atom stereocenters. The number of fused-ring (bicyclic) bond motifs is 2. The number of nitrogens with one attached hydrogen (secondary N) is 4. The molecule has 3 aliphatic rings. The molecule has 5 amide bonds. The third-order valence-electron chi connectivity index (χ3n) is 13.2. The van der Waals surface area contributed by atoms with Gasteiger partial charge in [-0.3, -0.25) is 43.9 Å². The van der Waals surface area contributed by atoms with E-state index in [-0.39, 0.29) is 116 Å². The van der Waals surface area contributed by atoms with E-state index >= 15 is 8.78 Å². The van der Waals surface area contributed by atoms with Crippen LogP contribution < -0.4 is 21.3 Å². The number of hydrogen-bond acceptors (Lipinski definition) is 17. The zero-order chi connectivity index (χ0) is 53.5. The third kappa shape index (κ3) is 12.5. The number of ketones is 1. The highest BCUT2D eigenvalue weighted by atomic mass is 19.1. The molecule has 396 valence electrons. The highest BCUT2D eigenvalue weighted by molar-refractivity contribution is 6.25. The smallest absolute Gasteiger partial charge is 0.332 e. The number of pyridine rings is 1. The topological polar surface area (TPSA) is 258 Å². The molecular formula is C52H59F2N11O10. The van der Waals surface area contributed by atoms with Gasteiger partial charge in [0.25, 0.3) is 11.8 Å². The van der Waals surface area contributed by atoms with Crippen molar-refractivity contribution in [1.29, 1.82) is 0 Å². The molecule has 21 nitrogen and oxygen atoms in total. The molecule has 3 aromatic heterocycles. The fourth-order valence-corrected chi connectivity index (χ4v) is 9.42. The van der Waals surface area contributed by atoms with E-state index in [0.29, 0.717) is 54.3 Å². The van der Waals surface area contributed by atoms with Gasteiger partial charge in [0.05, 0.1) is 42.6 Å². The number of likely N-dealkylation sites (tertiary alicyclic amines) is 1. The summed E-state index contributed by atoms with van der Waals surface area (Å²) in [7, 11) is 0. The van der Waals surface area contributed by atoms with Gasteiger partial charge in [0.1, 0.15) is 48.2 Å². The second-order valence-electron chi connectivity index (χ2n) is 19.1. The summed E-state index contributed by atoms with van der Waals surface area (Å²) in [6.07, 6.45) is 2.96. The van der Waals surface area contributed by atoms with Crippen molar-refractivity contribution in [1.82, 2.24) is 44.9 Å². The molecule has 3 aliphatic heterocycles. The first-order valence-corrected chi connectivity index (χ1v) is 24.9. The normalized spacial score (nSPS) is 16.7. The monoisotopic (exact) mass is 1040 g/mol. The number of piperidine rings is 2. The van der Waals surface area contributed by atoms with Crippen LogP contribution in [0.3, 0.4) is 0 Å². The van der Waals surface area contributed by atoms with Crippen molar-refractivity contribution in [2.24, 2.45) is 11.8 Å². The largest absolute Gasteiger partial charge is 0.455 e. The van der Waals surface area contributed by atoms with E-state index in [0.717, 1.165) is 11.1 Å². The molecule has 0 saturated carbocycles. The Labute approximate surface area is 430 Å². The lowest BCUT2D eigenvalue weighted by Gasteiger charge is -2.35. The second kappa shape index (κ2) is 23.7. The quantitative estimate of drug-likeness (QED) is 0.0405. The molecular weight excluding hydrogens is 977 g/mol. The first kappa shape index (κ1) is 53.7. The third-order valence-corrected chi connectivity index (χ3v) is 13.2. The van der Waals surface area contributed by atoms with Crippen molar-refractivity contribution in [3.8, 4) is 11.3 Å². The van der Waals surface area contributed by atoms with E-state index in [2.05, 4.69) is 41.2 Å². The molecule has 2 atom stereocenters. The maximum atomic E-state index is 15.3. The first-order valence-electron chi connectivity index (χ1n) is 24.9. The molecule has 23 heteroatoms. The van der Waals surface area contributed by atoms with Gasteiger partial charge in [-0.2, -0.15) is 0 Å². The Morgan fingerprint density at radius 2 is 1.64 bits per heavy atom. The van der Waals surface area contributed by atoms with Crippen LogP contribution >= 0.6 is 0 Å². The van der Waals surface area contributed by atoms with E-state index < -0.39 is 60.0 Å². The number of carbonyl (C=O) groups excluding carboxylic acids is 7. The lowest BCUT2D eigenvalue weighted by atomic mass is 9.87. The number of rotatable bonds is 22. The van der Waals surface area contributed by atoms with Gasteiger partial charge in [0.2, 0.25) is 23.7 Å². The van der Waals surface area contributed by atoms with Crippen LogP contribution in [0.1, 0.15) is 97.6 Å². The second-order valence-corrected chi connectivity index (χ2v) is 19.1. The first-order chi connectivity index (χ1) is 36.0. The molecule has 0 radical (unpaired) electrons. The average Bonchev–Trinajstić information content (AvgIpc) is 3.87. The summed E-state index contributed by atoms with van der Waals surface area (Å²) < 4.78 is 49.5. The molecule has 6 heterocycles. The minimum atomic E-state index is -1.07. The fourth-order valence-electron chi connectivity index (χ4n) is 9.42. The van der Waals surface area contributed by atoms with E-state index in [1.54, 1.807) is 57.3 Å². The zero-order valence-electron chi connectivity index (χ0n) is 42.2. The number of Topliss-reactive ketones (excluding diaryl/α,β-unsaturated/α-hetero) is 1. The molecule has 2 fully saturated rings. The maximum absolute atomic E-state index is 15.3. The van der Waals surface area contributed by atoms with Crippen molar-refractivity contribution < 1.29 is 56.6 Å². The number of carbonyl (C=O) groups is 7. The predicted molar refractivity (Wildman–Crippen MR) is 267 cm³/mol. The Morgan fingerprint density at radius 3 is 2.36 bits per heavy atom. The Balaban J connectivity index is 0.822. The van der Waals surface area contributed by atoms with Crippen molar-refractivity contribution in [3.63, 3.8) is 0 Å². The molecule has 8 rings (SSSR count). The number of ether oxygens (including phenoxy) is 3. The highest BCUT2D eigenvalue weighted by Crippen LogP contribution is 2.36. The van der Waals surface area contributed by atoms with E-state index in [9.17, 15) is 33.6 Å². The number of imidazole rings is 1. The summed E-state index contributed by atoms with van der Waals surface area (Å²) in [5.74, 6) is -4.27. The fraction of sp³-hybridized carbons (Fsp3) is 0.442. The number of aromatic nitrogens is 5. The standard InChI is InChI=1S/C52H59F2N11O10/c1-28(2)40(66)26-74-27-44(69)75-48(32-9-11-41(57-23-32)60-52-58-24-36(54)46(62-52)33-21-35(53)47-39(22-33)64(29(3)4)30(5)59-47)31-13-17-63(18-14-31)25-43(68)56-16-20-73-19-15-55-37-8-6-7-34-45(37)51(72)65(50(34)71)38-10-12-42(67)61-49(38)70/h6-9,11,21-24,28-29,31,38,48,55H,10,12-20,25-27H2,1-5H3,(H,56,68)(H,61,67,70)(H,57,58,60,62)/t38?,48-/m1/s1. The predicted octanol–water partition coefficient (Wildman–Crippen LogP) is 4.98. The molecule has 2 aromatic carbocycles.